The van der Waals surface area contributed by atoms with Crippen LogP contribution in [0, 0.1) is 5.92 Å². The van der Waals surface area contributed by atoms with E-state index < -0.39 is 0 Å². The molecule has 0 fully saturated rings. The van der Waals surface area contributed by atoms with Gasteiger partial charge in [-0.3, -0.25) is 0 Å². The lowest BCUT2D eigenvalue weighted by Crippen LogP contribution is -1.81. The van der Waals surface area contributed by atoms with Crippen molar-refractivity contribution in [1.29, 1.82) is 0 Å². The predicted octanol–water partition coefficient (Wildman–Crippen LogP) is 4.50. The van der Waals surface area contributed by atoms with Crippen LogP contribution in [0.25, 0.3) is 0 Å². The van der Waals surface area contributed by atoms with Crippen LogP contribution < -0.4 is 0 Å². The Bertz CT molecular complexity index is 214. The molecule has 0 radical (unpaired) electrons. The molecule has 0 aromatic heterocycles. The summed E-state index contributed by atoms with van der Waals surface area (Å²) in [6.07, 6.45) is 9.97. The summed E-state index contributed by atoms with van der Waals surface area (Å²) in [7, 11) is 0. The van der Waals surface area contributed by atoms with Gasteiger partial charge in [-0.25, -0.2) is 0 Å². The van der Waals surface area contributed by atoms with Gasteiger partial charge >= 0.3 is 0 Å². The van der Waals surface area contributed by atoms with Gasteiger partial charge in [-0.15, -0.1) is 0 Å². The molecule has 13 heavy (non-hydrogen) atoms. The molecule has 0 amide bonds. The first-order valence-corrected chi connectivity index (χ1v) is 5.11. The van der Waals surface area contributed by atoms with Crippen LogP contribution in [0.1, 0.15) is 41.0 Å². The van der Waals surface area contributed by atoms with Crippen molar-refractivity contribution < 1.29 is 0 Å². The zero-order valence-electron chi connectivity index (χ0n) is 9.59. The van der Waals surface area contributed by atoms with Crippen molar-refractivity contribution in [2.24, 2.45) is 5.92 Å². The van der Waals surface area contributed by atoms with Crippen molar-refractivity contribution in [3.63, 3.8) is 0 Å². The highest BCUT2D eigenvalue weighted by Gasteiger charge is 1.90. The van der Waals surface area contributed by atoms with Gasteiger partial charge in [-0.1, -0.05) is 50.6 Å². The van der Waals surface area contributed by atoms with Gasteiger partial charge in [0.2, 0.25) is 0 Å². The van der Waals surface area contributed by atoms with Gasteiger partial charge in [0.25, 0.3) is 0 Å². The second-order valence-corrected chi connectivity index (χ2v) is 3.71. The average molecular weight is 178 g/mol. The van der Waals surface area contributed by atoms with Crippen molar-refractivity contribution in [2.75, 3.05) is 0 Å². The van der Waals surface area contributed by atoms with E-state index in [-0.39, 0.29) is 0 Å². The summed E-state index contributed by atoms with van der Waals surface area (Å²) in [5.41, 5.74) is 2.74. The fourth-order valence-corrected chi connectivity index (χ4v) is 0.960. The Morgan fingerprint density at radius 2 is 1.92 bits per heavy atom. The minimum absolute atomic E-state index is 0.640. The number of hydrogen-bond acceptors (Lipinski definition) is 0. The lowest BCUT2D eigenvalue weighted by atomic mass is 10.1. The van der Waals surface area contributed by atoms with Crippen LogP contribution in [0.5, 0.6) is 0 Å². The lowest BCUT2D eigenvalue weighted by molar-refractivity contribution is 0.829. The Morgan fingerprint density at radius 3 is 2.31 bits per heavy atom. The first-order chi connectivity index (χ1) is 6.10. The molecule has 0 heteroatoms. The summed E-state index contributed by atoms with van der Waals surface area (Å²) in [6, 6.07) is 0. The normalized spacial score (nSPS) is 14.6. The number of rotatable bonds is 4. The molecule has 0 unspecified atom stereocenters. The lowest BCUT2D eigenvalue weighted by Gasteiger charge is -1.99. The third kappa shape index (κ3) is 6.39. The van der Waals surface area contributed by atoms with Crippen LogP contribution in [0.3, 0.4) is 0 Å². The SMILES string of the molecule is C/C=C(C)/C=C(/C=C/C(C)C)CC. The highest BCUT2D eigenvalue weighted by molar-refractivity contribution is 5.28. The van der Waals surface area contributed by atoms with Crippen LogP contribution in [-0.2, 0) is 0 Å². The van der Waals surface area contributed by atoms with Gasteiger partial charge in [0, 0.05) is 0 Å². The molecule has 0 atom stereocenters. The third-order valence-corrected chi connectivity index (χ3v) is 1.97. The maximum Gasteiger partial charge on any atom is -0.0287 e. The third-order valence-electron chi connectivity index (χ3n) is 1.97. The van der Waals surface area contributed by atoms with Gasteiger partial charge in [-0.05, 0) is 31.8 Å². The number of allylic oxidation sites excluding steroid dienone is 6. The van der Waals surface area contributed by atoms with E-state index in [2.05, 4.69) is 58.9 Å². The van der Waals surface area contributed by atoms with E-state index in [0.29, 0.717) is 5.92 Å². The van der Waals surface area contributed by atoms with E-state index in [0.717, 1.165) is 6.42 Å². The molecule has 0 saturated carbocycles. The van der Waals surface area contributed by atoms with Crippen molar-refractivity contribution in [2.45, 2.75) is 41.0 Å². The fourth-order valence-electron chi connectivity index (χ4n) is 0.960. The molecule has 0 aliphatic rings. The van der Waals surface area contributed by atoms with Crippen molar-refractivity contribution in [3.8, 4) is 0 Å². The summed E-state index contributed by atoms with van der Waals surface area (Å²) in [4.78, 5) is 0. The molecule has 0 saturated heterocycles. The van der Waals surface area contributed by atoms with Gasteiger partial charge in [-0.2, -0.15) is 0 Å². The molecular weight excluding hydrogens is 156 g/mol. The standard InChI is InChI=1S/C13H22/c1-6-12(5)10-13(7-2)9-8-11(3)4/h6,8-11H,7H2,1-5H3/b9-8+,12-6+,13-10+. The monoisotopic (exact) mass is 178 g/mol. The Kier molecular flexibility index (Phi) is 6.30. The second kappa shape index (κ2) is 6.71. The zero-order valence-corrected chi connectivity index (χ0v) is 9.59. The second-order valence-electron chi connectivity index (χ2n) is 3.71. The van der Waals surface area contributed by atoms with Crippen LogP contribution in [0.4, 0.5) is 0 Å². The maximum absolute atomic E-state index is 2.25. The van der Waals surface area contributed by atoms with Crippen molar-refractivity contribution in [3.05, 3.63) is 35.5 Å². The smallest absolute Gasteiger partial charge is 0.0287 e. The molecule has 0 aromatic carbocycles. The van der Waals surface area contributed by atoms with Gasteiger partial charge in [0.05, 0.1) is 0 Å². The van der Waals surface area contributed by atoms with E-state index in [1.807, 2.05) is 0 Å². The zero-order chi connectivity index (χ0) is 10.3. The molecule has 0 heterocycles. The summed E-state index contributed by atoms with van der Waals surface area (Å²) in [5.74, 6) is 0.640. The van der Waals surface area contributed by atoms with Gasteiger partial charge < -0.3 is 0 Å². The summed E-state index contributed by atoms with van der Waals surface area (Å²) in [6.45, 7) is 10.8. The van der Waals surface area contributed by atoms with Gasteiger partial charge in [0.1, 0.15) is 0 Å². The molecule has 0 N–H and O–H groups in total. The number of hydrogen-bond donors (Lipinski definition) is 0. The van der Waals surface area contributed by atoms with Crippen LogP contribution in [0.2, 0.25) is 0 Å². The molecule has 0 aliphatic heterocycles. The largest absolute Gasteiger partial charge is 0.0847 e. The first kappa shape index (κ1) is 12.2. The van der Waals surface area contributed by atoms with Crippen LogP contribution >= 0.6 is 0 Å². The van der Waals surface area contributed by atoms with Crippen LogP contribution in [-0.4, -0.2) is 0 Å². The topological polar surface area (TPSA) is 0 Å². The molecule has 0 aromatic rings. The molecular formula is C13H22. The summed E-state index contributed by atoms with van der Waals surface area (Å²) in [5, 5.41) is 0. The van der Waals surface area contributed by atoms with E-state index in [4.69, 9.17) is 0 Å². The molecule has 0 rings (SSSR count). The average Bonchev–Trinajstić information content (AvgIpc) is 2.11. The first-order valence-electron chi connectivity index (χ1n) is 5.11. The molecule has 0 spiro atoms. The maximum atomic E-state index is 2.25. The van der Waals surface area contributed by atoms with Crippen molar-refractivity contribution >= 4 is 0 Å². The van der Waals surface area contributed by atoms with Crippen molar-refractivity contribution in [1.82, 2.24) is 0 Å². The van der Waals surface area contributed by atoms with E-state index in [1.54, 1.807) is 0 Å². The molecule has 0 nitrogen and oxygen atoms in total. The highest BCUT2D eigenvalue weighted by atomic mass is 14.0. The Hall–Kier alpha value is -0.780. The fraction of sp³-hybridized carbons (Fsp3) is 0.538. The quantitative estimate of drug-likeness (QED) is 0.556. The predicted molar refractivity (Wildman–Crippen MR) is 61.8 cm³/mol. The molecule has 74 valence electrons. The summed E-state index contributed by atoms with van der Waals surface area (Å²) < 4.78 is 0. The van der Waals surface area contributed by atoms with Crippen LogP contribution in [0.15, 0.2) is 35.5 Å². The van der Waals surface area contributed by atoms with E-state index in [1.165, 1.54) is 11.1 Å². The Balaban J connectivity index is 4.43. The Labute approximate surface area is 83.0 Å². The van der Waals surface area contributed by atoms with E-state index in [9.17, 15) is 0 Å². The minimum Gasteiger partial charge on any atom is -0.0847 e. The van der Waals surface area contributed by atoms with Gasteiger partial charge in [0.15, 0.2) is 0 Å². The molecule has 0 bridgehead atoms. The Morgan fingerprint density at radius 1 is 1.31 bits per heavy atom. The van der Waals surface area contributed by atoms with E-state index >= 15 is 0 Å². The highest BCUT2D eigenvalue weighted by Crippen LogP contribution is 2.09. The minimum atomic E-state index is 0.640. The summed E-state index contributed by atoms with van der Waals surface area (Å²) >= 11 is 0. The molecule has 0 aliphatic carbocycles.